The predicted octanol–water partition coefficient (Wildman–Crippen LogP) is 0.0664. The van der Waals surface area contributed by atoms with Crippen molar-refractivity contribution in [1.29, 1.82) is 0 Å². The molecule has 0 aliphatic heterocycles. The zero-order valence-electron chi connectivity index (χ0n) is 9.83. The minimum atomic E-state index is -4.93. The summed E-state index contributed by atoms with van der Waals surface area (Å²) in [5, 5.41) is 0. The van der Waals surface area contributed by atoms with Gasteiger partial charge in [-0.15, -0.1) is 5.46 Å². The minimum absolute atomic E-state index is 0. The third-order valence-electron chi connectivity index (χ3n) is 2.84. The summed E-state index contributed by atoms with van der Waals surface area (Å²) in [6.45, 7) is -4.93. The summed E-state index contributed by atoms with van der Waals surface area (Å²) in [5.74, 6) is 0.337. The van der Waals surface area contributed by atoms with Crippen LogP contribution in [0.4, 0.5) is 12.9 Å². The average molecular weight is 268 g/mol. The Bertz CT molecular complexity index is 364. The summed E-state index contributed by atoms with van der Waals surface area (Å²) in [6.07, 6.45) is 4.19. The molecule has 0 amide bonds. The molecule has 1 saturated carbocycles. The molecule has 17 heavy (non-hydrogen) atoms. The summed E-state index contributed by atoms with van der Waals surface area (Å²) in [6, 6.07) is 5.17. The van der Waals surface area contributed by atoms with Crippen LogP contribution in [-0.2, 0) is 0 Å². The van der Waals surface area contributed by atoms with Crippen LogP contribution in [0.3, 0.4) is 0 Å². The van der Waals surface area contributed by atoms with Gasteiger partial charge in [-0.1, -0.05) is 12.1 Å². The fourth-order valence-electron chi connectivity index (χ4n) is 1.99. The number of hydrogen-bond acceptors (Lipinski definition) is 1. The first-order valence-electron chi connectivity index (χ1n) is 5.52. The standard InChI is InChI=1S/C11H13BF3O.K/c13-12(14,15)9-4-3-7-11(8-9)16-10-5-1-2-6-10;/h3-4,7-8,10H,1-2,5-6H2;/q-1;+1. The van der Waals surface area contributed by atoms with Crippen molar-refractivity contribution in [1.82, 2.24) is 0 Å². The molecule has 88 valence electrons. The first-order valence-corrected chi connectivity index (χ1v) is 5.52. The van der Waals surface area contributed by atoms with Gasteiger partial charge in [-0.3, -0.25) is 0 Å². The molecular weight excluding hydrogens is 255 g/mol. The van der Waals surface area contributed by atoms with Crippen LogP contribution in [-0.4, -0.2) is 13.1 Å². The first-order chi connectivity index (χ1) is 7.55. The topological polar surface area (TPSA) is 9.23 Å². The molecule has 1 aromatic carbocycles. The zero-order chi connectivity index (χ0) is 11.6. The number of hydrogen-bond donors (Lipinski definition) is 0. The molecule has 1 nitrogen and oxygen atoms in total. The van der Waals surface area contributed by atoms with Crippen LogP contribution < -0.4 is 61.6 Å². The normalized spacial score (nSPS) is 16.6. The predicted molar refractivity (Wildman–Crippen MR) is 58.0 cm³/mol. The Hall–Kier alpha value is 0.511. The molecule has 0 radical (unpaired) electrons. The van der Waals surface area contributed by atoms with E-state index in [1.807, 2.05) is 0 Å². The average Bonchev–Trinajstić information content (AvgIpc) is 2.70. The van der Waals surface area contributed by atoms with Gasteiger partial charge in [0.2, 0.25) is 0 Å². The molecule has 2 rings (SSSR count). The van der Waals surface area contributed by atoms with Crippen molar-refractivity contribution in [2.45, 2.75) is 31.8 Å². The second-order valence-electron chi connectivity index (χ2n) is 4.17. The summed E-state index contributed by atoms with van der Waals surface area (Å²) in [4.78, 5) is 0. The van der Waals surface area contributed by atoms with E-state index in [2.05, 4.69) is 0 Å². The van der Waals surface area contributed by atoms with Crippen LogP contribution in [0.5, 0.6) is 5.75 Å². The quantitative estimate of drug-likeness (QED) is 0.705. The fourth-order valence-corrected chi connectivity index (χ4v) is 1.99. The van der Waals surface area contributed by atoms with Crippen molar-refractivity contribution in [3.8, 4) is 5.75 Å². The van der Waals surface area contributed by atoms with E-state index in [0.29, 0.717) is 5.75 Å². The maximum Gasteiger partial charge on any atom is 1.00 e. The Morgan fingerprint density at radius 3 is 2.35 bits per heavy atom. The number of halogens is 3. The Kier molecular flexibility index (Phi) is 6.06. The molecule has 1 fully saturated rings. The van der Waals surface area contributed by atoms with Gasteiger partial charge in [-0.25, -0.2) is 0 Å². The number of benzene rings is 1. The van der Waals surface area contributed by atoms with Crippen LogP contribution in [0, 0.1) is 0 Å². The van der Waals surface area contributed by atoms with E-state index in [1.54, 1.807) is 6.07 Å². The Labute approximate surface area is 142 Å². The van der Waals surface area contributed by atoms with Gasteiger partial charge in [0.1, 0.15) is 5.75 Å². The summed E-state index contributed by atoms with van der Waals surface area (Å²) in [5.41, 5.74) is -0.588. The number of ether oxygens (including phenoxy) is 1. The van der Waals surface area contributed by atoms with Gasteiger partial charge in [0, 0.05) is 0 Å². The fraction of sp³-hybridized carbons (Fsp3) is 0.455. The van der Waals surface area contributed by atoms with E-state index in [4.69, 9.17) is 4.74 Å². The van der Waals surface area contributed by atoms with Crippen molar-refractivity contribution >= 4 is 12.4 Å². The molecule has 0 atom stereocenters. The van der Waals surface area contributed by atoms with Crippen molar-refractivity contribution < 1.29 is 69.1 Å². The van der Waals surface area contributed by atoms with Crippen LogP contribution in [0.2, 0.25) is 0 Å². The van der Waals surface area contributed by atoms with E-state index in [9.17, 15) is 12.9 Å². The third-order valence-corrected chi connectivity index (χ3v) is 2.84. The molecule has 0 N–H and O–H groups in total. The SMILES string of the molecule is F[B-](F)(F)c1cccc(OC2CCCC2)c1.[K+]. The Morgan fingerprint density at radius 1 is 1.12 bits per heavy atom. The monoisotopic (exact) mass is 268 g/mol. The second-order valence-corrected chi connectivity index (χ2v) is 4.17. The summed E-state index contributed by atoms with van der Waals surface area (Å²) in [7, 11) is 0. The van der Waals surface area contributed by atoms with E-state index in [-0.39, 0.29) is 57.5 Å². The molecule has 0 bridgehead atoms. The molecule has 0 aromatic heterocycles. The molecule has 0 heterocycles. The van der Waals surface area contributed by atoms with Gasteiger partial charge in [-0.2, -0.15) is 0 Å². The molecule has 0 spiro atoms. The van der Waals surface area contributed by atoms with Gasteiger partial charge in [-0.05, 0) is 37.8 Å². The van der Waals surface area contributed by atoms with Crippen molar-refractivity contribution in [2.24, 2.45) is 0 Å². The van der Waals surface area contributed by atoms with Gasteiger partial charge in [0.15, 0.2) is 0 Å². The molecule has 6 heteroatoms. The molecule has 0 saturated heterocycles. The third kappa shape index (κ3) is 4.59. The molecule has 0 unspecified atom stereocenters. The maximum absolute atomic E-state index is 12.5. The van der Waals surface area contributed by atoms with E-state index < -0.39 is 12.4 Å². The maximum atomic E-state index is 12.5. The molecule has 1 aromatic rings. The van der Waals surface area contributed by atoms with Crippen molar-refractivity contribution in [2.75, 3.05) is 0 Å². The van der Waals surface area contributed by atoms with Crippen LogP contribution in [0.25, 0.3) is 0 Å². The Balaban J connectivity index is 0.00000144. The van der Waals surface area contributed by atoms with E-state index in [0.717, 1.165) is 37.8 Å². The summed E-state index contributed by atoms with van der Waals surface area (Å²) >= 11 is 0. The zero-order valence-corrected chi connectivity index (χ0v) is 13.0. The molecule has 1 aliphatic rings. The Morgan fingerprint density at radius 2 is 1.76 bits per heavy atom. The van der Waals surface area contributed by atoms with Gasteiger partial charge in [0.25, 0.3) is 0 Å². The van der Waals surface area contributed by atoms with Crippen molar-refractivity contribution in [3.63, 3.8) is 0 Å². The van der Waals surface area contributed by atoms with Gasteiger partial charge < -0.3 is 17.7 Å². The van der Waals surface area contributed by atoms with Gasteiger partial charge >= 0.3 is 58.4 Å². The second kappa shape index (κ2) is 6.61. The van der Waals surface area contributed by atoms with Crippen LogP contribution >= 0.6 is 0 Å². The van der Waals surface area contributed by atoms with Gasteiger partial charge in [0.05, 0.1) is 6.10 Å². The largest absolute Gasteiger partial charge is 1.00 e. The van der Waals surface area contributed by atoms with E-state index in [1.165, 1.54) is 6.07 Å². The first kappa shape index (κ1) is 15.6. The van der Waals surface area contributed by atoms with Crippen molar-refractivity contribution in [3.05, 3.63) is 24.3 Å². The summed E-state index contributed by atoms with van der Waals surface area (Å²) < 4.78 is 43.0. The minimum Gasteiger partial charge on any atom is -0.491 e. The smallest absolute Gasteiger partial charge is 0.491 e. The molecular formula is C11H13BF3KO. The van der Waals surface area contributed by atoms with Crippen LogP contribution in [0.1, 0.15) is 25.7 Å². The van der Waals surface area contributed by atoms with Crippen LogP contribution in [0.15, 0.2) is 24.3 Å². The molecule has 1 aliphatic carbocycles. The van der Waals surface area contributed by atoms with E-state index >= 15 is 0 Å². The number of rotatable bonds is 3.